The van der Waals surface area contributed by atoms with Gasteiger partial charge in [0.25, 0.3) is 0 Å². The number of aromatic nitrogens is 2. The van der Waals surface area contributed by atoms with Crippen molar-refractivity contribution in [3.63, 3.8) is 0 Å². The molecule has 2 aromatic rings. The molecule has 0 radical (unpaired) electrons. The third kappa shape index (κ3) is 4.01. The molecule has 1 aromatic heterocycles. The highest BCUT2D eigenvalue weighted by Gasteiger charge is 2.13. The van der Waals surface area contributed by atoms with Gasteiger partial charge in [0.2, 0.25) is 5.91 Å². The summed E-state index contributed by atoms with van der Waals surface area (Å²) in [6, 6.07) is 4.56. The molecule has 2 rings (SSSR count). The summed E-state index contributed by atoms with van der Waals surface area (Å²) >= 11 is 0. The van der Waals surface area contributed by atoms with Crippen LogP contribution in [0.5, 0.6) is 0 Å². The van der Waals surface area contributed by atoms with Crippen LogP contribution in [0.25, 0.3) is 0 Å². The summed E-state index contributed by atoms with van der Waals surface area (Å²) in [5.41, 5.74) is 5.29. The second-order valence-corrected chi connectivity index (χ2v) is 4.71. The fourth-order valence-corrected chi connectivity index (χ4v) is 1.93. The number of rotatable bonds is 6. The van der Waals surface area contributed by atoms with Crippen LogP contribution in [0, 0.1) is 11.6 Å². The summed E-state index contributed by atoms with van der Waals surface area (Å²) in [6.07, 6.45) is 1.87. The van der Waals surface area contributed by atoms with Crippen molar-refractivity contribution in [1.82, 2.24) is 9.78 Å². The van der Waals surface area contributed by atoms with Crippen molar-refractivity contribution in [2.45, 2.75) is 25.9 Å². The molecule has 1 aromatic carbocycles. The average Bonchev–Trinajstić information content (AvgIpc) is 2.86. The molecule has 0 aliphatic carbocycles. The van der Waals surface area contributed by atoms with Crippen molar-refractivity contribution < 1.29 is 13.6 Å². The third-order valence-corrected chi connectivity index (χ3v) is 3.02. The zero-order chi connectivity index (χ0) is 15.4. The average molecular weight is 294 g/mol. The predicted octanol–water partition coefficient (Wildman–Crippen LogP) is 2.21. The predicted molar refractivity (Wildman–Crippen MR) is 74.4 cm³/mol. The van der Waals surface area contributed by atoms with Crippen molar-refractivity contribution in [1.29, 1.82) is 0 Å². The first-order chi connectivity index (χ1) is 9.95. The van der Waals surface area contributed by atoms with Gasteiger partial charge >= 0.3 is 0 Å². The highest BCUT2D eigenvalue weighted by Crippen LogP contribution is 2.21. The van der Waals surface area contributed by atoms with Crippen LogP contribution in [0.15, 0.2) is 30.5 Å². The van der Waals surface area contributed by atoms with Gasteiger partial charge in [-0.05, 0) is 25.1 Å². The molecule has 1 atom stereocenters. The van der Waals surface area contributed by atoms with Gasteiger partial charge in [0, 0.05) is 30.8 Å². The SMILES string of the molecule is C[C@H](Nc1ccn(CCC(N)=O)n1)c1cc(F)ccc1F. The van der Waals surface area contributed by atoms with E-state index in [9.17, 15) is 13.6 Å². The molecule has 0 bridgehead atoms. The zero-order valence-corrected chi connectivity index (χ0v) is 11.5. The summed E-state index contributed by atoms with van der Waals surface area (Å²) < 4.78 is 28.4. The van der Waals surface area contributed by atoms with Crippen LogP contribution >= 0.6 is 0 Å². The number of hydrogen-bond donors (Lipinski definition) is 2. The van der Waals surface area contributed by atoms with E-state index in [1.807, 2.05) is 0 Å². The zero-order valence-electron chi connectivity index (χ0n) is 11.5. The molecule has 0 spiro atoms. The molecule has 1 heterocycles. The Morgan fingerprint density at radius 3 is 2.90 bits per heavy atom. The summed E-state index contributed by atoms with van der Waals surface area (Å²) in [7, 11) is 0. The normalized spacial score (nSPS) is 12.1. The summed E-state index contributed by atoms with van der Waals surface area (Å²) in [4.78, 5) is 10.7. The molecular formula is C14H16F2N4O. The Morgan fingerprint density at radius 2 is 2.19 bits per heavy atom. The number of nitrogens with zero attached hydrogens (tertiary/aromatic N) is 2. The molecule has 0 aliphatic rings. The highest BCUT2D eigenvalue weighted by molar-refractivity contribution is 5.73. The second-order valence-electron chi connectivity index (χ2n) is 4.71. The van der Waals surface area contributed by atoms with E-state index < -0.39 is 23.6 Å². The molecule has 3 N–H and O–H groups in total. The number of hydrogen-bond acceptors (Lipinski definition) is 3. The van der Waals surface area contributed by atoms with Crippen molar-refractivity contribution >= 4 is 11.7 Å². The van der Waals surface area contributed by atoms with E-state index in [-0.39, 0.29) is 12.0 Å². The van der Waals surface area contributed by atoms with E-state index in [4.69, 9.17) is 5.73 Å². The molecule has 1 amide bonds. The first-order valence-corrected chi connectivity index (χ1v) is 6.49. The van der Waals surface area contributed by atoms with Crippen LogP contribution in [0.1, 0.15) is 24.9 Å². The van der Waals surface area contributed by atoms with Crippen molar-refractivity contribution in [2.75, 3.05) is 5.32 Å². The van der Waals surface area contributed by atoms with Crippen LogP contribution in [0.3, 0.4) is 0 Å². The van der Waals surface area contributed by atoms with Gasteiger partial charge in [0.1, 0.15) is 17.5 Å². The van der Waals surface area contributed by atoms with Crippen molar-refractivity contribution in [3.8, 4) is 0 Å². The smallest absolute Gasteiger partial charge is 0.219 e. The first kappa shape index (κ1) is 15.0. The minimum absolute atomic E-state index is 0.190. The van der Waals surface area contributed by atoms with E-state index in [2.05, 4.69) is 10.4 Å². The number of nitrogens with one attached hydrogen (secondary N) is 1. The largest absolute Gasteiger partial charge is 0.370 e. The van der Waals surface area contributed by atoms with Gasteiger partial charge in [0.15, 0.2) is 0 Å². The lowest BCUT2D eigenvalue weighted by Gasteiger charge is -2.14. The maximum atomic E-state index is 13.7. The number of carbonyl (C=O) groups is 1. The van der Waals surface area contributed by atoms with Gasteiger partial charge in [0.05, 0.1) is 6.04 Å². The summed E-state index contributed by atoms with van der Waals surface area (Å²) in [5.74, 6) is -0.873. The molecule has 0 unspecified atom stereocenters. The van der Waals surface area contributed by atoms with Crippen LogP contribution in [0.4, 0.5) is 14.6 Å². The van der Waals surface area contributed by atoms with Crippen LogP contribution in [-0.2, 0) is 11.3 Å². The molecule has 7 heteroatoms. The van der Waals surface area contributed by atoms with E-state index in [0.717, 1.165) is 18.2 Å². The molecule has 112 valence electrons. The third-order valence-electron chi connectivity index (χ3n) is 3.02. The number of nitrogens with two attached hydrogens (primary N) is 1. The van der Waals surface area contributed by atoms with E-state index in [1.165, 1.54) is 0 Å². The molecule has 0 aliphatic heterocycles. The molecular weight excluding hydrogens is 278 g/mol. The number of primary amides is 1. The second kappa shape index (κ2) is 6.34. The van der Waals surface area contributed by atoms with Crippen LogP contribution in [-0.4, -0.2) is 15.7 Å². The van der Waals surface area contributed by atoms with Gasteiger partial charge < -0.3 is 11.1 Å². The Hall–Kier alpha value is -2.44. The fraction of sp³-hybridized carbons (Fsp3) is 0.286. The maximum Gasteiger partial charge on any atom is 0.219 e. The van der Waals surface area contributed by atoms with Crippen LogP contribution < -0.4 is 11.1 Å². The quantitative estimate of drug-likeness (QED) is 0.858. The summed E-state index contributed by atoms with van der Waals surface area (Å²) in [6.45, 7) is 2.08. The topological polar surface area (TPSA) is 72.9 Å². The number of amides is 1. The van der Waals surface area contributed by atoms with Gasteiger partial charge in [-0.3, -0.25) is 9.48 Å². The Labute approximate surface area is 120 Å². The van der Waals surface area contributed by atoms with Gasteiger partial charge in [-0.15, -0.1) is 0 Å². The molecule has 0 saturated heterocycles. The minimum atomic E-state index is -0.493. The minimum Gasteiger partial charge on any atom is -0.370 e. The number of anilines is 1. The van der Waals surface area contributed by atoms with Gasteiger partial charge in [-0.1, -0.05) is 0 Å². The maximum absolute atomic E-state index is 13.7. The van der Waals surface area contributed by atoms with Gasteiger partial charge in [-0.25, -0.2) is 8.78 Å². The Morgan fingerprint density at radius 1 is 1.43 bits per heavy atom. The Kier molecular flexibility index (Phi) is 4.52. The monoisotopic (exact) mass is 294 g/mol. The number of aryl methyl sites for hydroxylation is 1. The molecule has 21 heavy (non-hydrogen) atoms. The number of benzene rings is 1. The molecule has 0 fully saturated rings. The van der Waals surface area contributed by atoms with E-state index in [1.54, 1.807) is 23.9 Å². The van der Waals surface area contributed by atoms with Crippen molar-refractivity contribution in [2.24, 2.45) is 5.73 Å². The van der Waals surface area contributed by atoms with E-state index in [0.29, 0.717) is 12.4 Å². The van der Waals surface area contributed by atoms with Crippen LogP contribution in [0.2, 0.25) is 0 Å². The Balaban J connectivity index is 2.04. The standard InChI is InChI=1S/C14H16F2N4O/c1-9(11-8-10(15)2-3-12(11)16)18-14-5-7-20(19-14)6-4-13(17)21/h2-3,5,7-9H,4,6H2,1H3,(H2,17,21)(H,18,19)/t9-/m0/s1. The Bertz CT molecular complexity index is 642. The highest BCUT2D eigenvalue weighted by atomic mass is 19.1. The number of halogens is 2. The lowest BCUT2D eigenvalue weighted by Crippen LogP contribution is -2.14. The van der Waals surface area contributed by atoms with Gasteiger partial charge in [-0.2, -0.15) is 5.10 Å². The number of carbonyl (C=O) groups excluding carboxylic acids is 1. The summed E-state index contributed by atoms with van der Waals surface area (Å²) in [5, 5.41) is 7.16. The van der Waals surface area contributed by atoms with Crippen molar-refractivity contribution in [3.05, 3.63) is 47.7 Å². The lowest BCUT2D eigenvalue weighted by atomic mass is 10.1. The molecule has 5 nitrogen and oxygen atoms in total. The lowest BCUT2D eigenvalue weighted by molar-refractivity contribution is -0.118. The van der Waals surface area contributed by atoms with E-state index >= 15 is 0 Å². The molecule has 0 saturated carbocycles. The first-order valence-electron chi connectivity index (χ1n) is 6.49. The fourth-order valence-electron chi connectivity index (χ4n) is 1.93.